The van der Waals surface area contributed by atoms with Gasteiger partial charge in [-0.3, -0.25) is 0 Å². The third-order valence-corrected chi connectivity index (χ3v) is 2.07. The van der Waals surface area contributed by atoms with Crippen LogP contribution in [-0.4, -0.2) is 10.2 Å². The first kappa shape index (κ1) is 9.52. The topological polar surface area (TPSA) is 38.9 Å². The van der Waals surface area contributed by atoms with Gasteiger partial charge in [-0.05, 0) is 5.92 Å². The minimum absolute atomic E-state index is 0.299. The molecule has 0 saturated carbocycles. The van der Waals surface area contributed by atoms with Gasteiger partial charge in [0.1, 0.15) is 5.88 Å². The molecule has 1 aromatic rings. The standard InChI is InChI=1S/C8H13ClN2O/c1-3-6(2)4-7-10-11-8(5-9)12-7/h6H,3-5H2,1-2H3. The van der Waals surface area contributed by atoms with Gasteiger partial charge in [0, 0.05) is 6.42 Å². The van der Waals surface area contributed by atoms with E-state index in [4.69, 9.17) is 16.0 Å². The number of rotatable bonds is 4. The van der Waals surface area contributed by atoms with Gasteiger partial charge in [0.2, 0.25) is 11.8 Å². The van der Waals surface area contributed by atoms with Crippen LogP contribution in [0.1, 0.15) is 32.0 Å². The highest BCUT2D eigenvalue weighted by Crippen LogP contribution is 2.10. The molecule has 0 radical (unpaired) electrons. The molecule has 1 rings (SSSR count). The molecule has 0 bridgehead atoms. The van der Waals surface area contributed by atoms with Crippen LogP contribution in [0, 0.1) is 5.92 Å². The normalized spacial score (nSPS) is 13.2. The average Bonchev–Trinajstić information content (AvgIpc) is 2.52. The number of alkyl halides is 1. The quantitative estimate of drug-likeness (QED) is 0.682. The van der Waals surface area contributed by atoms with Crippen LogP contribution in [0.15, 0.2) is 4.42 Å². The maximum atomic E-state index is 5.51. The van der Waals surface area contributed by atoms with Gasteiger partial charge in [0.05, 0.1) is 0 Å². The molecule has 0 saturated heterocycles. The monoisotopic (exact) mass is 188 g/mol. The first-order valence-corrected chi connectivity index (χ1v) is 4.67. The van der Waals surface area contributed by atoms with E-state index in [1.54, 1.807) is 0 Å². The van der Waals surface area contributed by atoms with Crippen molar-refractivity contribution in [2.75, 3.05) is 0 Å². The summed E-state index contributed by atoms with van der Waals surface area (Å²) in [6.45, 7) is 4.30. The molecule has 0 N–H and O–H groups in total. The lowest BCUT2D eigenvalue weighted by molar-refractivity contribution is 0.420. The van der Waals surface area contributed by atoms with Crippen LogP contribution < -0.4 is 0 Å². The molecule has 0 aliphatic carbocycles. The number of hydrogen-bond donors (Lipinski definition) is 0. The minimum Gasteiger partial charge on any atom is -0.424 e. The Kier molecular flexibility index (Phi) is 3.53. The minimum atomic E-state index is 0.299. The molecule has 0 fully saturated rings. The van der Waals surface area contributed by atoms with Crippen LogP contribution >= 0.6 is 11.6 Å². The van der Waals surface area contributed by atoms with E-state index in [1.807, 2.05) is 0 Å². The Morgan fingerprint density at radius 1 is 1.42 bits per heavy atom. The van der Waals surface area contributed by atoms with Crippen molar-refractivity contribution in [1.82, 2.24) is 10.2 Å². The second-order valence-electron chi connectivity index (χ2n) is 2.94. The molecule has 1 aromatic heterocycles. The zero-order valence-corrected chi connectivity index (χ0v) is 8.14. The van der Waals surface area contributed by atoms with E-state index < -0.39 is 0 Å². The van der Waals surface area contributed by atoms with Crippen molar-refractivity contribution in [2.45, 2.75) is 32.6 Å². The summed E-state index contributed by atoms with van der Waals surface area (Å²) in [6, 6.07) is 0. The maximum absolute atomic E-state index is 5.51. The van der Waals surface area contributed by atoms with E-state index in [0.717, 1.165) is 12.8 Å². The predicted molar refractivity (Wildman–Crippen MR) is 47.0 cm³/mol. The largest absolute Gasteiger partial charge is 0.424 e. The zero-order chi connectivity index (χ0) is 8.97. The van der Waals surface area contributed by atoms with Gasteiger partial charge in [-0.15, -0.1) is 21.8 Å². The number of halogens is 1. The summed E-state index contributed by atoms with van der Waals surface area (Å²) in [4.78, 5) is 0. The molecule has 0 aliphatic rings. The fraction of sp³-hybridized carbons (Fsp3) is 0.750. The first-order valence-electron chi connectivity index (χ1n) is 4.13. The molecular weight excluding hydrogens is 176 g/mol. The van der Waals surface area contributed by atoms with Gasteiger partial charge < -0.3 is 4.42 Å². The second kappa shape index (κ2) is 4.45. The molecular formula is C8H13ClN2O. The summed E-state index contributed by atoms with van der Waals surface area (Å²) in [5.74, 6) is 2.09. The zero-order valence-electron chi connectivity index (χ0n) is 7.38. The summed E-state index contributed by atoms with van der Waals surface area (Å²) < 4.78 is 5.25. The molecule has 0 aromatic carbocycles. The summed E-state index contributed by atoms with van der Waals surface area (Å²) in [5, 5.41) is 7.65. The Balaban J connectivity index is 2.52. The van der Waals surface area contributed by atoms with Crippen molar-refractivity contribution in [3.8, 4) is 0 Å². The van der Waals surface area contributed by atoms with E-state index >= 15 is 0 Å². The van der Waals surface area contributed by atoms with Crippen LogP contribution in [0.4, 0.5) is 0 Å². The fourth-order valence-electron chi connectivity index (χ4n) is 0.867. The predicted octanol–water partition coefficient (Wildman–Crippen LogP) is 2.40. The number of aromatic nitrogens is 2. The average molecular weight is 189 g/mol. The molecule has 0 aliphatic heterocycles. The van der Waals surface area contributed by atoms with Crippen molar-refractivity contribution < 1.29 is 4.42 Å². The number of nitrogens with zero attached hydrogens (tertiary/aromatic N) is 2. The van der Waals surface area contributed by atoms with E-state index in [0.29, 0.717) is 23.6 Å². The Morgan fingerprint density at radius 3 is 2.58 bits per heavy atom. The van der Waals surface area contributed by atoms with Crippen LogP contribution in [-0.2, 0) is 12.3 Å². The molecule has 0 spiro atoms. The van der Waals surface area contributed by atoms with Crippen molar-refractivity contribution in [2.24, 2.45) is 5.92 Å². The lowest BCUT2D eigenvalue weighted by Gasteiger charge is -2.02. The highest BCUT2D eigenvalue weighted by atomic mass is 35.5. The highest BCUT2D eigenvalue weighted by molar-refractivity contribution is 6.16. The van der Waals surface area contributed by atoms with E-state index in [2.05, 4.69) is 24.0 Å². The van der Waals surface area contributed by atoms with Gasteiger partial charge in [-0.1, -0.05) is 20.3 Å². The molecule has 1 heterocycles. The molecule has 68 valence electrons. The molecule has 0 amide bonds. The van der Waals surface area contributed by atoms with Crippen molar-refractivity contribution in [3.05, 3.63) is 11.8 Å². The maximum Gasteiger partial charge on any atom is 0.231 e. The third-order valence-electron chi connectivity index (χ3n) is 1.84. The molecule has 4 heteroatoms. The highest BCUT2D eigenvalue weighted by Gasteiger charge is 2.07. The summed E-state index contributed by atoms with van der Waals surface area (Å²) in [5.41, 5.74) is 0. The van der Waals surface area contributed by atoms with Crippen molar-refractivity contribution in [3.63, 3.8) is 0 Å². The van der Waals surface area contributed by atoms with E-state index in [-0.39, 0.29) is 0 Å². The van der Waals surface area contributed by atoms with Crippen molar-refractivity contribution in [1.29, 1.82) is 0 Å². The smallest absolute Gasteiger partial charge is 0.231 e. The Morgan fingerprint density at radius 2 is 2.08 bits per heavy atom. The van der Waals surface area contributed by atoms with Gasteiger partial charge in [-0.2, -0.15) is 0 Å². The molecule has 1 unspecified atom stereocenters. The Hall–Kier alpha value is -0.570. The summed E-state index contributed by atoms with van der Waals surface area (Å²) in [6.07, 6.45) is 1.97. The van der Waals surface area contributed by atoms with E-state index in [9.17, 15) is 0 Å². The molecule has 3 nitrogen and oxygen atoms in total. The fourth-order valence-corrected chi connectivity index (χ4v) is 0.975. The van der Waals surface area contributed by atoms with Crippen LogP contribution in [0.25, 0.3) is 0 Å². The Bertz CT molecular complexity index is 237. The van der Waals surface area contributed by atoms with Gasteiger partial charge >= 0.3 is 0 Å². The van der Waals surface area contributed by atoms with Crippen molar-refractivity contribution >= 4 is 11.6 Å². The van der Waals surface area contributed by atoms with Crippen LogP contribution in [0.3, 0.4) is 0 Å². The molecule has 12 heavy (non-hydrogen) atoms. The van der Waals surface area contributed by atoms with Gasteiger partial charge in [0.15, 0.2) is 0 Å². The van der Waals surface area contributed by atoms with Crippen LogP contribution in [0.2, 0.25) is 0 Å². The van der Waals surface area contributed by atoms with Crippen LogP contribution in [0.5, 0.6) is 0 Å². The summed E-state index contributed by atoms with van der Waals surface area (Å²) in [7, 11) is 0. The Labute approximate surface area is 77.1 Å². The molecule has 1 atom stereocenters. The SMILES string of the molecule is CCC(C)Cc1nnc(CCl)o1. The lowest BCUT2D eigenvalue weighted by Crippen LogP contribution is -1.97. The van der Waals surface area contributed by atoms with Gasteiger partial charge in [0.25, 0.3) is 0 Å². The summed E-state index contributed by atoms with van der Waals surface area (Å²) >= 11 is 5.51. The second-order valence-corrected chi connectivity index (χ2v) is 3.21. The third kappa shape index (κ3) is 2.48. The lowest BCUT2D eigenvalue weighted by atomic mass is 10.1. The van der Waals surface area contributed by atoms with E-state index in [1.165, 1.54) is 0 Å². The first-order chi connectivity index (χ1) is 5.76. The van der Waals surface area contributed by atoms with Gasteiger partial charge in [-0.25, -0.2) is 0 Å². The number of hydrogen-bond acceptors (Lipinski definition) is 3.